The zero-order chi connectivity index (χ0) is 15.9. The SMILES string of the molecule is CC(C)(C)OC(=O)C1CCC1.COC1(N)C=CC=CN=C1. The molecule has 1 aliphatic heterocycles. The van der Waals surface area contributed by atoms with Crippen molar-refractivity contribution in [1.29, 1.82) is 0 Å². The predicted octanol–water partition coefficient (Wildman–Crippen LogP) is 2.57. The van der Waals surface area contributed by atoms with Gasteiger partial charge in [0.05, 0.1) is 12.1 Å². The van der Waals surface area contributed by atoms with Crippen molar-refractivity contribution in [2.45, 2.75) is 51.4 Å². The molecule has 1 heterocycles. The van der Waals surface area contributed by atoms with Crippen LogP contribution in [-0.4, -0.2) is 30.6 Å². The Hall–Kier alpha value is -1.46. The monoisotopic (exact) mass is 294 g/mol. The molecular formula is C16H26N2O3. The highest BCUT2D eigenvalue weighted by atomic mass is 16.6. The molecule has 1 fully saturated rings. The largest absolute Gasteiger partial charge is 0.460 e. The summed E-state index contributed by atoms with van der Waals surface area (Å²) < 4.78 is 10.2. The van der Waals surface area contributed by atoms with Crippen molar-refractivity contribution in [3.8, 4) is 0 Å². The molecule has 5 heteroatoms. The number of hydrogen-bond donors (Lipinski definition) is 1. The summed E-state index contributed by atoms with van der Waals surface area (Å²) in [5.74, 6) is 0.193. The summed E-state index contributed by atoms with van der Waals surface area (Å²) in [4.78, 5) is 15.1. The first-order chi connectivity index (χ1) is 9.76. The third-order valence-electron chi connectivity index (χ3n) is 3.12. The van der Waals surface area contributed by atoms with Gasteiger partial charge in [-0.15, -0.1) is 0 Å². The van der Waals surface area contributed by atoms with Crippen molar-refractivity contribution in [2.24, 2.45) is 16.6 Å². The predicted molar refractivity (Wildman–Crippen MR) is 83.9 cm³/mol. The van der Waals surface area contributed by atoms with Crippen molar-refractivity contribution in [2.75, 3.05) is 7.11 Å². The van der Waals surface area contributed by atoms with Crippen LogP contribution in [0.1, 0.15) is 40.0 Å². The molecule has 1 aliphatic carbocycles. The van der Waals surface area contributed by atoms with Gasteiger partial charge in [0.2, 0.25) is 0 Å². The quantitative estimate of drug-likeness (QED) is 0.627. The van der Waals surface area contributed by atoms with Gasteiger partial charge in [-0.2, -0.15) is 0 Å². The van der Waals surface area contributed by atoms with E-state index in [0.29, 0.717) is 0 Å². The number of carbonyl (C=O) groups is 1. The zero-order valence-electron chi connectivity index (χ0n) is 13.3. The zero-order valence-corrected chi connectivity index (χ0v) is 13.3. The Morgan fingerprint density at radius 3 is 2.48 bits per heavy atom. The lowest BCUT2D eigenvalue weighted by atomic mass is 9.85. The van der Waals surface area contributed by atoms with E-state index in [1.807, 2.05) is 20.8 Å². The third-order valence-corrected chi connectivity index (χ3v) is 3.12. The second-order valence-corrected chi connectivity index (χ2v) is 6.20. The Balaban J connectivity index is 0.000000211. The molecule has 1 saturated carbocycles. The molecule has 0 aromatic rings. The first-order valence-corrected chi connectivity index (χ1v) is 7.21. The van der Waals surface area contributed by atoms with Gasteiger partial charge >= 0.3 is 5.97 Å². The second kappa shape index (κ2) is 7.52. The van der Waals surface area contributed by atoms with Crippen molar-refractivity contribution in [1.82, 2.24) is 0 Å². The highest BCUT2D eigenvalue weighted by molar-refractivity contribution is 5.73. The van der Waals surface area contributed by atoms with E-state index in [-0.39, 0.29) is 17.5 Å². The molecule has 2 rings (SSSR count). The summed E-state index contributed by atoms with van der Waals surface area (Å²) in [6, 6.07) is 0. The fraction of sp³-hybridized carbons (Fsp3) is 0.625. The smallest absolute Gasteiger partial charge is 0.309 e. The molecule has 0 spiro atoms. The molecule has 21 heavy (non-hydrogen) atoms. The number of esters is 1. The van der Waals surface area contributed by atoms with Gasteiger partial charge in [0.15, 0.2) is 5.72 Å². The number of methoxy groups -OCH3 is 1. The molecule has 2 aliphatic rings. The highest BCUT2D eigenvalue weighted by Crippen LogP contribution is 2.28. The molecule has 0 amide bonds. The maximum atomic E-state index is 11.2. The van der Waals surface area contributed by atoms with Crippen LogP contribution < -0.4 is 5.73 Å². The van der Waals surface area contributed by atoms with Crippen LogP contribution in [0.3, 0.4) is 0 Å². The van der Waals surface area contributed by atoms with Crippen LogP contribution in [0, 0.1) is 5.92 Å². The second-order valence-electron chi connectivity index (χ2n) is 6.20. The summed E-state index contributed by atoms with van der Waals surface area (Å²) in [6.07, 6.45) is 11.8. The Morgan fingerprint density at radius 2 is 2.00 bits per heavy atom. The summed E-state index contributed by atoms with van der Waals surface area (Å²) >= 11 is 0. The standard InChI is InChI=1S/C9H16O2.C7H10N2O/c1-9(2,3)11-8(10)7-5-4-6-7;1-10-7(8)4-2-3-5-9-6-7/h7H,4-6H2,1-3H3;2-6H,8H2,1H3. The van der Waals surface area contributed by atoms with E-state index in [4.69, 9.17) is 15.2 Å². The van der Waals surface area contributed by atoms with Crippen LogP contribution >= 0.6 is 0 Å². The molecule has 0 radical (unpaired) electrons. The third kappa shape index (κ3) is 6.69. The lowest BCUT2D eigenvalue weighted by Gasteiger charge is -2.28. The van der Waals surface area contributed by atoms with E-state index in [1.165, 1.54) is 6.42 Å². The summed E-state index contributed by atoms with van der Waals surface area (Å²) in [7, 11) is 1.54. The fourth-order valence-corrected chi connectivity index (χ4v) is 1.66. The van der Waals surface area contributed by atoms with Gasteiger partial charge in [-0.1, -0.05) is 12.5 Å². The highest BCUT2D eigenvalue weighted by Gasteiger charge is 2.29. The van der Waals surface area contributed by atoms with Gasteiger partial charge < -0.3 is 9.47 Å². The van der Waals surface area contributed by atoms with Gasteiger partial charge in [-0.05, 0) is 45.8 Å². The number of rotatable bonds is 2. The van der Waals surface area contributed by atoms with Crippen LogP contribution in [0.5, 0.6) is 0 Å². The van der Waals surface area contributed by atoms with Gasteiger partial charge in [-0.25, -0.2) is 0 Å². The first kappa shape index (κ1) is 17.6. The number of aliphatic imine (C=N–C) groups is 1. The van der Waals surface area contributed by atoms with Crippen LogP contribution in [0.25, 0.3) is 0 Å². The number of nitrogens with zero attached hydrogens (tertiary/aromatic N) is 1. The van der Waals surface area contributed by atoms with Crippen molar-refractivity contribution in [3.63, 3.8) is 0 Å². The van der Waals surface area contributed by atoms with Gasteiger partial charge in [0.1, 0.15) is 5.60 Å². The van der Waals surface area contributed by atoms with E-state index >= 15 is 0 Å². The Labute approximate surface area is 126 Å². The molecule has 0 aromatic carbocycles. The van der Waals surface area contributed by atoms with Gasteiger partial charge in [0.25, 0.3) is 0 Å². The number of nitrogens with two attached hydrogens (primary N) is 1. The van der Waals surface area contributed by atoms with Crippen LogP contribution in [0.4, 0.5) is 0 Å². The minimum absolute atomic E-state index is 0.0104. The number of carbonyl (C=O) groups excluding carboxylic acids is 1. The average Bonchev–Trinajstić information content (AvgIpc) is 2.51. The molecule has 0 saturated heterocycles. The van der Waals surface area contributed by atoms with Gasteiger partial charge in [-0.3, -0.25) is 15.5 Å². The summed E-state index contributed by atoms with van der Waals surface area (Å²) in [6.45, 7) is 5.72. The summed E-state index contributed by atoms with van der Waals surface area (Å²) in [5.41, 5.74) is 4.52. The maximum absolute atomic E-state index is 11.2. The molecule has 5 nitrogen and oxygen atoms in total. The Morgan fingerprint density at radius 1 is 1.33 bits per heavy atom. The molecule has 0 aromatic heterocycles. The molecule has 1 atom stereocenters. The summed E-state index contributed by atoms with van der Waals surface area (Å²) in [5, 5.41) is 0. The van der Waals surface area contributed by atoms with E-state index in [9.17, 15) is 4.79 Å². The first-order valence-electron chi connectivity index (χ1n) is 7.21. The molecule has 1 unspecified atom stereocenters. The average molecular weight is 294 g/mol. The van der Waals surface area contributed by atoms with Crippen molar-refractivity contribution < 1.29 is 14.3 Å². The number of hydrogen-bond acceptors (Lipinski definition) is 5. The minimum atomic E-state index is -0.830. The lowest BCUT2D eigenvalue weighted by molar-refractivity contribution is -0.162. The number of allylic oxidation sites excluding steroid dienone is 2. The van der Waals surface area contributed by atoms with Crippen LogP contribution in [0.15, 0.2) is 29.4 Å². The van der Waals surface area contributed by atoms with E-state index in [0.717, 1.165) is 12.8 Å². The lowest BCUT2D eigenvalue weighted by Crippen LogP contribution is -2.41. The molecular weight excluding hydrogens is 268 g/mol. The van der Waals surface area contributed by atoms with Crippen LogP contribution in [-0.2, 0) is 14.3 Å². The van der Waals surface area contributed by atoms with E-state index in [2.05, 4.69) is 4.99 Å². The minimum Gasteiger partial charge on any atom is -0.460 e. The van der Waals surface area contributed by atoms with Crippen LogP contribution in [0.2, 0.25) is 0 Å². The van der Waals surface area contributed by atoms with E-state index in [1.54, 1.807) is 37.8 Å². The Kier molecular flexibility index (Phi) is 6.30. The molecule has 2 N–H and O–H groups in total. The Bertz CT molecular complexity index is 413. The van der Waals surface area contributed by atoms with Gasteiger partial charge in [0, 0.05) is 13.3 Å². The van der Waals surface area contributed by atoms with E-state index < -0.39 is 5.72 Å². The number of ether oxygens (including phenoxy) is 2. The molecule has 0 bridgehead atoms. The fourth-order valence-electron chi connectivity index (χ4n) is 1.66. The topological polar surface area (TPSA) is 73.9 Å². The van der Waals surface area contributed by atoms with Crippen molar-refractivity contribution in [3.05, 3.63) is 24.4 Å². The maximum Gasteiger partial charge on any atom is 0.309 e. The molecule has 118 valence electrons. The van der Waals surface area contributed by atoms with Crippen molar-refractivity contribution >= 4 is 12.2 Å². The normalized spacial score (nSPS) is 24.6.